The maximum absolute atomic E-state index is 10.9. The van der Waals surface area contributed by atoms with Gasteiger partial charge in [-0.2, -0.15) is 0 Å². The Bertz CT molecular complexity index is 405. The molecule has 1 fully saturated rings. The smallest absolute Gasteiger partial charge is 0.339 e. The lowest BCUT2D eigenvalue weighted by Gasteiger charge is -2.09. The molecule has 2 N–H and O–H groups in total. The number of hydrogen-bond acceptors (Lipinski definition) is 3. The monoisotopic (exact) mass is 235 g/mol. The van der Waals surface area contributed by atoms with Crippen molar-refractivity contribution in [2.75, 3.05) is 13.2 Å². The van der Waals surface area contributed by atoms with Gasteiger partial charge in [0.05, 0.1) is 0 Å². The summed E-state index contributed by atoms with van der Waals surface area (Å²) in [5, 5.41) is 12.3. The van der Waals surface area contributed by atoms with Gasteiger partial charge < -0.3 is 15.2 Å². The van der Waals surface area contributed by atoms with Gasteiger partial charge >= 0.3 is 5.97 Å². The van der Waals surface area contributed by atoms with Crippen molar-refractivity contribution in [2.24, 2.45) is 5.92 Å². The van der Waals surface area contributed by atoms with Gasteiger partial charge in [-0.3, -0.25) is 0 Å². The third-order valence-corrected chi connectivity index (χ3v) is 2.99. The van der Waals surface area contributed by atoms with Gasteiger partial charge in [0.25, 0.3) is 0 Å². The molecule has 92 valence electrons. The third-order valence-electron chi connectivity index (χ3n) is 2.99. The molecule has 0 heterocycles. The van der Waals surface area contributed by atoms with Crippen molar-refractivity contribution in [3.05, 3.63) is 29.8 Å². The summed E-state index contributed by atoms with van der Waals surface area (Å²) in [4.78, 5) is 10.9. The molecular formula is C13H17NO3. The van der Waals surface area contributed by atoms with Gasteiger partial charge in [-0.15, -0.1) is 0 Å². The van der Waals surface area contributed by atoms with Crippen molar-refractivity contribution in [3.63, 3.8) is 0 Å². The first-order valence-electron chi connectivity index (χ1n) is 5.87. The fourth-order valence-electron chi connectivity index (χ4n) is 1.78. The number of carbonyl (C=O) groups is 1. The first-order chi connectivity index (χ1) is 8.18. The highest BCUT2D eigenvalue weighted by molar-refractivity contribution is 5.90. The van der Waals surface area contributed by atoms with E-state index in [-0.39, 0.29) is 5.56 Å². The van der Waals surface area contributed by atoms with Gasteiger partial charge in [-0.25, -0.2) is 4.79 Å². The fraction of sp³-hybridized carbons (Fsp3) is 0.462. The van der Waals surface area contributed by atoms with Gasteiger partial charge in [-0.1, -0.05) is 19.1 Å². The molecule has 0 spiro atoms. The minimum absolute atomic E-state index is 0.215. The number of benzene rings is 1. The molecule has 17 heavy (non-hydrogen) atoms. The van der Waals surface area contributed by atoms with Gasteiger partial charge in [0.15, 0.2) is 0 Å². The Kier molecular flexibility index (Phi) is 3.64. The van der Waals surface area contributed by atoms with E-state index in [2.05, 4.69) is 12.2 Å². The Hall–Kier alpha value is -1.55. The number of ether oxygens (including phenoxy) is 1. The summed E-state index contributed by atoms with van der Waals surface area (Å²) < 4.78 is 5.47. The number of rotatable bonds is 6. The van der Waals surface area contributed by atoms with E-state index in [0.29, 0.717) is 18.4 Å². The predicted molar refractivity (Wildman–Crippen MR) is 64.5 cm³/mol. The fourth-order valence-corrected chi connectivity index (χ4v) is 1.78. The minimum Gasteiger partial charge on any atom is -0.491 e. The molecule has 1 aliphatic carbocycles. The lowest BCUT2D eigenvalue weighted by atomic mass is 10.2. The molecule has 2 atom stereocenters. The van der Waals surface area contributed by atoms with Crippen LogP contribution in [0.4, 0.5) is 0 Å². The lowest BCUT2D eigenvalue weighted by molar-refractivity contribution is 0.0692. The summed E-state index contributed by atoms with van der Waals surface area (Å²) in [5.74, 6) is 0.247. The predicted octanol–water partition coefficient (Wildman–Crippen LogP) is 1.76. The summed E-state index contributed by atoms with van der Waals surface area (Å²) in [6, 6.07) is 7.32. The number of nitrogens with one attached hydrogen (secondary N) is 1. The van der Waals surface area contributed by atoms with Crippen molar-refractivity contribution < 1.29 is 14.6 Å². The second-order valence-electron chi connectivity index (χ2n) is 4.42. The largest absolute Gasteiger partial charge is 0.491 e. The van der Waals surface area contributed by atoms with Gasteiger partial charge in [0.1, 0.15) is 17.9 Å². The Labute approximate surface area is 101 Å². The van der Waals surface area contributed by atoms with Crippen molar-refractivity contribution in [1.29, 1.82) is 0 Å². The number of carboxylic acid groups (broad SMARTS) is 1. The first kappa shape index (κ1) is 11.9. The average molecular weight is 235 g/mol. The molecule has 4 nitrogen and oxygen atoms in total. The highest BCUT2D eigenvalue weighted by atomic mass is 16.5. The highest BCUT2D eigenvalue weighted by Gasteiger charge is 2.31. The van der Waals surface area contributed by atoms with Crippen LogP contribution in [0.1, 0.15) is 23.7 Å². The second kappa shape index (κ2) is 5.19. The van der Waals surface area contributed by atoms with Crippen molar-refractivity contribution in [2.45, 2.75) is 19.4 Å². The van der Waals surface area contributed by atoms with Crippen molar-refractivity contribution in [1.82, 2.24) is 5.32 Å². The maximum atomic E-state index is 10.9. The minimum atomic E-state index is -0.954. The molecule has 0 amide bonds. The molecule has 0 aromatic heterocycles. The van der Waals surface area contributed by atoms with Crippen LogP contribution in [0.2, 0.25) is 0 Å². The zero-order valence-electron chi connectivity index (χ0n) is 9.85. The van der Waals surface area contributed by atoms with E-state index in [1.54, 1.807) is 24.3 Å². The summed E-state index contributed by atoms with van der Waals surface area (Å²) in [5.41, 5.74) is 0.215. The summed E-state index contributed by atoms with van der Waals surface area (Å²) in [7, 11) is 0. The molecule has 2 rings (SSSR count). The Morgan fingerprint density at radius 1 is 1.53 bits per heavy atom. The number of para-hydroxylation sites is 1. The second-order valence-corrected chi connectivity index (χ2v) is 4.42. The van der Waals surface area contributed by atoms with E-state index in [4.69, 9.17) is 9.84 Å². The van der Waals surface area contributed by atoms with E-state index in [1.165, 1.54) is 6.42 Å². The molecule has 0 aliphatic heterocycles. The molecule has 0 bridgehead atoms. The quantitative estimate of drug-likeness (QED) is 0.738. The van der Waals surface area contributed by atoms with Crippen molar-refractivity contribution in [3.8, 4) is 5.75 Å². The molecular weight excluding hydrogens is 218 g/mol. The highest BCUT2D eigenvalue weighted by Crippen LogP contribution is 2.28. The maximum Gasteiger partial charge on any atom is 0.339 e. The normalized spacial score (nSPS) is 22.2. The van der Waals surface area contributed by atoms with E-state index in [0.717, 1.165) is 12.5 Å². The SMILES string of the molecule is CC1CC1NCCOc1ccccc1C(=O)O. The van der Waals surface area contributed by atoms with Crippen LogP contribution in [-0.2, 0) is 0 Å². The first-order valence-corrected chi connectivity index (χ1v) is 5.87. The molecule has 0 radical (unpaired) electrons. The van der Waals surface area contributed by atoms with Gasteiger partial charge in [-0.05, 0) is 24.5 Å². The number of hydrogen-bond donors (Lipinski definition) is 2. The van der Waals surface area contributed by atoms with E-state index in [1.807, 2.05) is 0 Å². The summed E-state index contributed by atoms with van der Waals surface area (Å²) >= 11 is 0. The standard InChI is InChI=1S/C13H17NO3/c1-9-8-11(9)14-6-7-17-12-5-3-2-4-10(12)13(15)16/h2-5,9,11,14H,6-8H2,1H3,(H,15,16). The average Bonchev–Trinajstić information content (AvgIpc) is 3.01. The lowest BCUT2D eigenvalue weighted by Crippen LogP contribution is -2.24. The third kappa shape index (κ3) is 3.20. The molecule has 1 aromatic carbocycles. The molecule has 1 aliphatic rings. The zero-order chi connectivity index (χ0) is 12.3. The zero-order valence-corrected chi connectivity index (χ0v) is 9.85. The molecule has 1 aromatic rings. The van der Waals surface area contributed by atoms with Crippen LogP contribution < -0.4 is 10.1 Å². The topological polar surface area (TPSA) is 58.6 Å². The summed E-state index contributed by atoms with van der Waals surface area (Å²) in [6.45, 7) is 3.45. The van der Waals surface area contributed by atoms with E-state index in [9.17, 15) is 4.79 Å². The molecule has 4 heteroatoms. The van der Waals surface area contributed by atoms with Gasteiger partial charge in [0, 0.05) is 12.6 Å². The van der Waals surface area contributed by atoms with E-state index >= 15 is 0 Å². The number of aromatic carboxylic acids is 1. The molecule has 0 saturated heterocycles. The van der Waals surface area contributed by atoms with Crippen LogP contribution in [0.25, 0.3) is 0 Å². The van der Waals surface area contributed by atoms with Crippen LogP contribution in [0, 0.1) is 5.92 Å². The summed E-state index contributed by atoms with van der Waals surface area (Å²) in [6.07, 6.45) is 1.23. The number of carboxylic acids is 1. The van der Waals surface area contributed by atoms with E-state index < -0.39 is 5.97 Å². The van der Waals surface area contributed by atoms with Crippen LogP contribution in [0.3, 0.4) is 0 Å². The Morgan fingerprint density at radius 2 is 2.24 bits per heavy atom. The van der Waals surface area contributed by atoms with Gasteiger partial charge in [0.2, 0.25) is 0 Å². The molecule has 2 unspecified atom stereocenters. The Balaban J connectivity index is 1.79. The van der Waals surface area contributed by atoms with Crippen LogP contribution in [0.5, 0.6) is 5.75 Å². The van der Waals surface area contributed by atoms with Crippen LogP contribution in [-0.4, -0.2) is 30.3 Å². The Morgan fingerprint density at radius 3 is 2.88 bits per heavy atom. The van der Waals surface area contributed by atoms with Crippen molar-refractivity contribution >= 4 is 5.97 Å². The van der Waals surface area contributed by atoms with Crippen LogP contribution in [0.15, 0.2) is 24.3 Å². The molecule has 1 saturated carbocycles. The van der Waals surface area contributed by atoms with Crippen LogP contribution >= 0.6 is 0 Å².